The van der Waals surface area contributed by atoms with E-state index in [-0.39, 0.29) is 5.82 Å². The van der Waals surface area contributed by atoms with Gasteiger partial charge >= 0.3 is 11.9 Å². The van der Waals surface area contributed by atoms with Crippen molar-refractivity contribution in [2.24, 2.45) is 0 Å². The molecule has 3 rings (SSSR count). The molecule has 0 saturated carbocycles. The number of carbonyl (C=O) groups is 2. The molecule has 12 heteroatoms. The maximum absolute atomic E-state index is 14.5. The molecule has 5 atom stereocenters. The van der Waals surface area contributed by atoms with Crippen molar-refractivity contribution in [3.63, 3.8) is 0 Å². The lowest BCUT2D eigenvalue weighted by molar-refractivity contribution is -0.165. The van der Waals surface area contributed by atoms with Gasteiger partial charge in [0.2, 0.25) is 0 Å². The van der Waals surface area contributed by atoms with E-state index in [2.05, 4.69) is 15.0 Å². The third-order valence-electron chi connectivity index (χ3n) is 3.97. The van der Waals surface area contributed by atoms with E-state index in [1.807, 2.05) is 0 Å². The van der Waals surface area contributed by atoms with Gasteiger partial charge < -0.3 is 19.9 Å². The van der Waals surface area contributed by atoms with Crippen molar-refractivity contribution in [2.45, 2.75) is 43.9 Å². The fourth-order valence-corrected chi connectivity index (χ4v) is 3.42. The topological polar surface area (TPSA) is 131 Å². The van der Waals surface area contributed by atoms with Crippen LogP contribution >= 0.6 is 11.8 Å². The number of hydrogen-bond donors (Lipinski definition) is 1. The zero-order chi connectivity index (χ0) is 19.7. The van der Waals surface area contributed by atoms with E-state index in [0.717, 1.165) is 11.8 Å². The van der Waals surface area contributed by atoms with Crippen LogP contribution in [0.3, 0.4) is 0 Å². The third-order valence-corrected chi connectivity index (χ3v) is 4.69. The number of hydrogen-bond acceptors (Lipinski definition) is 10. The fourth-order valence-electron chi connectivity index (χ4n) is 2.93. The molecule has 2 aromatic rings. The molecule has 1 fully saturated rings. The minimum Gasteiger partial charge on any atom is -0.455 e. The first-order chi connectivity index (χ1) is 12.8. The molecule has 0 radical (unpaired) electrons. The van der Waals surface area contributed by atoms with Crippen molar-refractivity contribution in [3.05, 3.63) is 12.7 Å². The number of alkyl halides is 1. The Labute approximate surface area is 157 Å². The quantitative estimate of drug-likeness (QED) is 0.721. The summed E-state index contributed by atoms with van der Waals surface area (Å²) in [5.41, 5.74) is 4.89. The number of fused-ring (bicyclic) bond motifs is 1. The van der Waals surface area contributed by atoms with E-state index in [4.69, 9.17) is 19.9 Å². The first kappa shape index (κ1) is 19.3. The zero-order valence-electron chi connectivity index (χ0n) is 14.7. The molecular formula is C15H18FN5O5S. The third kappa shape index (κ3) is 3.67. The lowest BCUT2D eigenvalue weighted by Gasteiger charge is -2.24. The van der Waals surface area contributed by atoms with Gasteiger partial charge in [-0.3, -0.25) is 14.2 Å². The number of aromatic nitrogens is 4. The number of halogens is 1. The van der Waals surface area contributed by atoms with Crippen LogP contribution in [-0.4, -0.2) is 61.5 Å². The normalized spacial score (nSPS) is 26.1. The highest BCUT2D eigenvalue weighted by molar-refractivity contribution is 7.99. The number of ether oxygens (including phenoxy) is 3. The summed E-state index contributed by atoms with van der Waals surface area (Å²) in [6.45, 7) is 2.38. The molecule has 3 heterocycles. The summed E-state index contributed by atoms with van der Waals surface area (Å²) < 4.78 is 32.3. The maximum Gasteiger partial charge on any atom is 0.303 e. The number of carbonyl (C=O) groups excluding carboxylic acids is 2. The lowest BCUT2D eigenvalue weighted by atomic mass is 10.1. The van der Waals surface area contributed by atoms with Crippen LogP contribution in [0.15, 0.2) is 12.7 Å². The molecule has 0 bridgehead atoms. The minimum absolute atomic E-state index is 0.154. The highest BCUT2D eigenvalue weighted by Gasteiger charge is 2.53. The molecule has 146 valence electrons. The number of thioether (sulfide) groups is 1. The smallest absolute Gasteiger partial charge is 0.303 e. The van der Waals surface area contributed by atoms with Crippen LogP contribution in [0.1, 0.15) is 20.1 Å². The Morgan fingerprint density at radius 2 is 1.93 bits per heavy atom. The van der Waals surface area contributed by atoms with Gasteiger partial charge in [0.15, 0.2) is 35.4 Å². The van der Waals surface area contributed by atoms with E-state index >= 15 is 0 Å². The Hall–Kier alpha value is -2.47. The molecule has 1 aliphatic heterocycles. The van der Waals surface area contributed by atoms with Gasteiger partial charge in [0.25, 0.3) is 0 Å². The molecule has 1 unspecified atom stereocenters. The van der Waals surface area contributed by atoms with Crippen LogP contribution in [0.5, 0.6) is 0 Å². The molecular weight excluding hydrogens is 381 g/mol. The van der Waals surface area contributed by atoms with Crippen molar-refractivity contribution < 1.29 is 28.2 Å². The number of nitrogens with two attached hydrogens (primary N) is 1. The van der Waals surface area contributed by atoms with Gasteiger partial charge in [-0.05, 0) is 6.26 Å². The van der Waals surface area contributed by atoms with Gasteiger partial charge in [0.05, 0.1) is 6.33 Å². The van der Waals surface area contributed by atoms with Crippen molar-refractivity contribution in [2.75, 3.05) is 12.0 Å². The molecule has 1 aliphatic rings. The van der Waals surface area contributed by atoms with Gasteiger partial charge in [-0.1, -0.05) is 0 Å². The van der Waals surface area contributed by atoms with E-state index in [9.17, 15) is 14.0 Å². The van der Waals surface area contributed by atoms with E-state index < -0.39 is 42.0 Å². The van der Waals surface area contributed by atoms with Crippen LogP contribution in [-0.2, 0) is 23.8 Å². The first-order valence-electron chi connectivity index (χ1n) is 7.93. The predicted octanol–water partition coefficient (Wildman–Crippen LogP) is 0.828. The Morgan fingerprint density at radius 3 is 2.56 bits per heavy atom. The number of nitrogens with zero attached hydrogens (tertiary/aromatic N) is 4. The Morgan fingerprint density at radius 1 is 1.26 bits per heavy atom. The SMILES string of the molecule is CSC(F)[C@H]1O[C@@H](n2cnc3c(N)ncnc32)[C@H](OC(C)=O)[C@@H]1OC(C)=O. The summed E-state index contributed by atoms with van der Waals surface area (Å²) in [4.78, 5) is 35.3. The number of imidazole rings is 1. The largest absolute Gasteiger partial charge is 0.455 e. The second-order valence-corrected chi connectivity index (χ2v) is 6.73. The number of anilines is 1. The molecule has 27 heavy (non-hydrogen) atoms. The summed E-state index contributed by atoms with van der Waals surface area (Å²) in [6.07, 6.45) is -0.259. The molecule has 0 aliphatic carbocycles. The molecule has 10 nitrogen and oxygen atoms in total. The first-order valence-corrected chi connectivity index (χ1v) is 9.22. The van der Waals surface area contributed by atoms with Crippen LogP contribution < -0.4 is 5.73 Å². The van der Waals surface area contributed by atoms with Crippen LogP contribution in [0.25, 0.3) is 11.2 Å². The summed E-state index contributed by atoms with van der Waals surface area (Å²) >= 11 is 0.885. The van der Waals surface area contributed by atoms with E-state index in [1.165, 1.54) is 31.1 Å². The summed E-state index contributed by atoms with van der Waals surface area (Å²) in [5, 5.41) is 0. The van der Waals surface area contributed by atoms with Gasteiger partial charge in [0.1, 0.15) is 17.9 Å². The highest BCUT2D eigenvalue weighted by atomic mass is 32.2. The lowest BCUT2D eigenvalue weighted by Crippen LogP contribution is -2.41. The number of nitrogen functional groups attached to an aromatic ring is 1. The monoisotopic (exact) mass is 399 g/mol. The second-order valence-electron chi connectivity index (χ2n) is 5.81. The molecule has 1 saturated heterocycles. The average molecular weight is 399 g/mol. The van der Waals surface area contributed by atoms with Crippen molar-refractivity contribution >= 4 is 40.7 Å². The van der Waals surface area contributed by atoms with Crippen LogP contribution in [0.2, 0.25) is 0 Å². The van der Waals surface area contributed by atoms with Crippen molar-refractivity contribution in [3.8, 4) is 0 Å². The molecule has 0 aromatic carbocycles. The Kier molecular flexibility index (Phi) is 5.46. The number of esters is 2. The van der Waals surface area contributed by atoms with E-state index in [1.54, 1.807) is 6.26 Å². The summed E-state index contributed by atoms with van der Waals surface area (Å²) in [5.74, 6) is -1.13. The van der Waals surface area contributed by atoms with Gasteiger partial charge in [-0.2, -0.15) is 0 Å². The molecule has 0 amide bonds. The van der Waals surface area contributed by atoms with Crippen LogP contribution in [0, 0.1) is 0 Å². The average Bonchev–Trinajstić information content (AvgIpc) is 3.17. The van der Waals surface area contributed by atoms with E-state index in [0.29, 0.717) is 11.2 Å². The Bertz CT molecular complexity index is 864. The summed E-state index contributed by atoms with van der Waals surface area (Å²) in [6, 6.07) is 0. The van der Waals surface area contributed by atoms with Gasteiger partial charge in [-0.25, -0.2) is 19.3 Å². The standard InChI is InChI=1S/C15H18FN5O5S/c1-6(22)24-9-10(12(16)27-3)26-15(11(9)25-7(2)23)21-5-20-8-13(17)18-4-19-14(8)21/h4-5,9-12,15H,1-3H3,(H2,17,18,19)/t9-,10+,11-,12?,15-/m1/s1. The highest BCUT2D eigenvalue weighted by Crippen LogP contribution is 2.39. The minimum atomic E-state index is -1.52. The van der Waals surface area contributed by atoms with Crippen LogP contribution in [0.4, 0.5) is 10.2 Å². The molecule has 0 spiro atoms. The summed E-state index contributed by atoms with van der Waals surface area (Å²) in [7, 11) is 0. The van der Waals surface area contributed by atoms with Gasteiger partial charge in [0, 0.05) is 13.8 Å². The maximum atomic E-state index is 14.5. The number of rotatable bonds is 5. The Balaban J connectivity index is 2.06. The van der Waals surface area contributed by atoms with Crippen molar-refractivity contribution in [1.29, 1.82) is 0 Å². The molecule has 2 aromatic heterocycles. The van der Waals surface area contributed by atoms with Crippen molar-refractivity contribution in [1.82, 2.24) is 19.5 Å². The molecule has 2 N–H and O–H groups in total. The second kappa shape index (κ2) is 7.64. The predicted molar refractivity (Wildman–Crippen MR) is 93.2 cm³/mol. The zero-order valence-corrected chi connectivity index (χ0v) is 15.6. The van der Waals surface area contributed by atoms with Gasteiger partial charge in [-0.15, -0.1) is 11.8 Å². The fraction of sp³-hybridized carbons (Fsp3) is 0.533.